The van der Waals surface area contributed by atoms with E-state index in [0.717, 1.165) is 23.7 Å². The van der Waals surface area contributed by atoms with Gasteiger partial charge in [0.2, 0.25) is 0 Å². The molecule has 0 spiro atoms. The summed E-state index contributed by atoms with van der Waals surface area (Å²) in [6.07, 6.45) is 3.51. The first-order valence-electron chi connectivity index (χ1n) is 6.88. The van der Waals surface area contributed by atoms with Crippen LogP contribution in [0.1, 0.15) is 42.5 Å². The Morgan fingerprint density at radius 3 is 2.62 bits per heavy atom. The lowest BCUT2D eigenvalue weighted by Gasteiger charge is -2.08. The van der Waals surface area contributed by atoms with Crippen LogP contribution >= 0.6 is 15.9 Å². The fourth-order valence-corrected chi connectivity index (χ4v) is 2.28. The van der Waals surface area contributed by atoms with Crippen LogP contribution in [0.25, 0.3) is 0 Å². The van der Waals surface area contributed by atoms with Crippen molar-refractivity contribution in [3.05, 3.63) is 28.2 Å². The molecule has 0 aliphatic heterocycles. The SMILES string of the molecule is COc1ccc(Br)c(C(=O)NCCCCCCC(=O)O)c1. The molecule has 1 rings (SSSR count). The van der Waals surface area contributed by atoms with E-state index in [4.69, 9.17) is 9.84 Å². The van der Waals surface area contributed by atoms with Crippen LogP contribution in [0.2, 0.25) is 0 Å². The van der Waals surface area contributed by atoms with Gasteiger partial charge in [0.1, 0.15) is 5.75 Å². The molecule has 0 aromatic heterocycles. The number of hydrogen-bond donors (Lipinski definition) is 2. The molecule has 1 aromatic rings. The van der Waals surface area contributed by atoms with Gasteiger partial charge in [-0.2, -0.15) is 0 Å². The number of benzene rings is 1. The molecule has 0 aliphatic rings. The van der Waals surface area contributed by atoms with Gasteiger partial charge in [0.25, 0.3) is 5.91 Å². The number of hydrogen-bond acceptors (Lipinski definition) is 3. The average molecular weight is 358 g/mol. The summed E-state index contributed by atoms with van der Waals surface area (Å²) >= 11 is 3.34. The highest BCUT2D eigenvalue weighted by molar-refractivity contribution is 9.10. The molecule has 0 atom stereocenters. The van der Waals surface area contributed by atoms with Crippen LogP contribution in [0.3, 0.4) is 0 Å². The number of unbranched alkanes of at least 4 members (excludes halogenated alkanes) is 3. The third-order valence-corrected chi connectivity index (χ3v) is 3.71. The average Bonchev–Trinajstić information content (AvgIpc) is 2.46. The summed E-state index contributed by atoms with van der Waals surface area (Å²) in [5.74, 6) is -0.269. The van der Waals surface area contributed by atoms with Crippen LogP contribution < -0.4 is 10.1 Å². The summed E-state index contributed by atoms with van der Waals surface area (Å²) in [6, 6.07) is 5.25. The fraction of sp³-hybridized carbons (Fsp3) is 0.467. The first-order valence-corrected chi connectivity index (χ1v) is 7.67. The minimum Gasteiger partial charge on any atom is -0.497 e. The topological polar surface area (TPSA) is 75.6 Å². The highest BCUT2D eigenvalue weighted by atomic mass is 79.9. The predicted octanol–water partition coefficient (Wildman–Crippen LogP) is 3.22. The molecule has 0 saturated carbocycles. The standard InChI is InChI=1S/C15H20BrNO4/c1-21-11-7-8-13(16)12(10-11)15(20)17-9-5-3-2-4-6-14(18)19/h7-8,10H,2-6,9H2,1H3,(H,17,20)(H,18,19). The normalized spacial score (nSPS) is 10.2. The smallest absolute Gasteiger partial charge is 0.303 e. The second-order valence-corrected chi connectivity index (χ2v) is 5.51. The second kappa shape index (κ2) is 9.39. The number of aliphatic carboxylic acids is 1. The minimum atomic E-state index is -0.758. The van der Waals surface area contributed by atoms with E-state index in [1.54, 1.807) is 25.3 Å². The molecule has 1 aromatic carbocycles. The van der Waals surface area contributed by atoms with E-state index in [2.05, 4.69) is 21.2 Å². The molecular formula is C15H20BrNO4. The number of carbonyl (C=O) groups is 2. The molecule has 0 radical (unpaired) electrons. The van der Waals surface area contributed by atoms with Crippen molar-refractivity contribution in [3.63, 3.8) is 0 Å². The van der Waals surface area contributed by atoms with Gasteiger partial charge >= 0.3 is 5.97 Å². The van der Waals surface area contributed by atoms with E-state index in [1.165, 1.54) is 0 Å². The van der Waals surface area contributed by atoms with Gasteiger partial charge in [0.15, 0.2) is 0 Å². The van der Waals surface area contributed by atoms with E-state index in [-0.39, 0.29) is 12.3 Å². The number of halogens is 1. The zero-order chi connectivity index (χ0) is 15.7. The van der Waals surface area contributed by atoms with Gasteiger partial charge in [-0.3, -0.25) is 9.59 Å². The molecule has 116 valence electrons. The van der Waals surface area contributed by atoms with Crippen LogP contribution in [0.5, 0.6) is 5.75 Å². The second-order valence-electron chi connectivity index (χ2n) is 4.66. The zero-order valence-corrected chi connectivity index (χ0v) is 13.6. The Labute approximate surface area is 132 Å². The van der Waals surface area contributed by atoms with Crippen LogP contribution in [-0.2, 0) is 4.79 Å². The number of carbonyl (C=O) groups excluding carboxylic acids is 1. The fourth-order valence-electron chi connectivity index (χ4n) is 1.86. The van der Waals surface area contributed by atoms with Crippen molar-refractivity contribution in [2.75, 3.05) is 13.7 Å². The molecule has 0 heterocycles. The largest absolute Gasteiger partial charge is 0.497 e. The number of amides is 1. The number of ether oxygens (including phenoxy) is 1. The van der Waals surface area contributed by atoms with E-state index in [9.17, 15) is 9.59 Å². The lowest BCUT2D eigenvalue weighted by molar-refractivity contribution is -0.137. The van der Waals surface area contributed by atoms with Crippen molar-refractivity contribution in [2.24, 2.45) is 0 Å². The summed E-state index contributed by atoms with van der Waals surface area (Å²) in [6.45, 7) is 0.579. The molecule has 1 amide bonds. The quantitative estimate of drug-likeness (QED) is 0.665. The molecule has 0 unspecified atom stereocenters. The lowest BCUT2D eigenvalue weighted by Crippen LogP contribution is -2.24. The summed E-state index contributed by atoms with van der Waals surface area (Å²) in [7, 11) is 1.56. The van der Waals surface area contributed by atoms with E-state index in [1.807, 2.05) is 0 Å². The monoisotopic (exact) mass is 357 g/mol. The van der Waals surface area contributed by atoms with Crippen LogP contribution in [-0.4, -0.2) is 30.6 Å². The highest BCUT2D eigenvalue weighted by Crippen LogP contribution is 2.22. The number of rotatable bonds is 9. The van der Waals surface area contributed by atoms with Crippen molar-refractivity contribution in [2.45, 2.75) is 32.1 Å². The van der Waals surface area contributed by atoms with Crippen LogP contribution in [0.15, 0.2) is 22.7 Å². The van der Waals surface area contributed by atoms with E-state index < -0.39 is 5.97 Å². The van der Waals surface area contributed by atoms with Crippen molar-refractivity contribution >= 4 is 27.8 Å². The molecule has 6 heteroatoms. The maximum atomic E-state index is 12.0. The maximum Gasteiger partial charge on any atom is 0.303 e. The Balaban J connectivity index is 2.29. The van der Waals surface area contributed by atoms with Crippen molar-refractivity contribution in [1.82, 2.24) is 5.32 Å². The number of nitrogens with one attached hydrogen (secondary N) is 1. The summed E-state index contributed by atoms with van der Waals surface area (Å²) in [5.41, 5.74) is 0.542. The highest BCUT2D eigenvalue weighted by Gasteiger charge is 2.10. The van der Waals surface area contributed by atoms with Gasteiger partial charge in [-0.25, -0.2) is 0 Å². The minimum absolute atomic E-state index is 0.147. The summed E-state index contributed by atoms with van der Waals surface area (Å²) < 4.78 is 5.82. The molecule has 2 N–H and O–H groups in total. The first kappa shape index (κ1) is 17.5. The maximum absolute atomic E-state index is 12.0. The first-order chi connectivity index (χ1) is 10.0. The molecule has 0 bridgehead atoms. The Morgan fingerprint density at radius 2 is 1.95 bits per heavy atom. The summed E-state index contributed by atoms with van der Waals surface area (Å²) in [4.78, 5) is 22.4. The summed E-state index contributed by atoms with van der Waals surface area (Å²) in [5, 5.41) is 11.4. The Hall–Kier alpha value is -1.56. The Kier molecular flexibility index (Phi) is 7.82. The molecule has 0 saturated heterocycles. The molecular weight excluding hydrogens is 338 g/mol. The Morgan fingerprint density at radius 1 is 1.24 bits per heavy atom. The van der Waals surface area contributed by atoms with E-state index >= 15 is 0 Å². The number of carboxylic acids is 1. The predicted molar refractivity (Wildman–Crippen MR) is 83.7 cm³/mol. The Bertz CT molecular complexity index is 491. The third-order valence-electron chi connectivity index (χ3n) is 3.02. The molecule has 0 fully saturated rings. The van der Waals surface area contributed by atoms with Gasteiger partial charge in [-0.1, -0.05) is 12.8 Å². The van der Waals surface area contributed by atoms with Crippen LogP contribution in [0, 0.1) is 0 Å². The molecule has 0 aliphatic carbocycles. The van der Waals surface area contributed by atoms with Gasteiger partial charge in [0, 0.05) is 17.4 Å². The van der Waals surface area contributed by atoms with Crippen molar-refractivity contribution < 1.29 is 19.4 Å². The van der Waals surface area contributed by atoms with Crippen LogP contribution in [0.4, 0.5) is 0 Å². The number of carboxylic acid groups (broad SMARTS) is 1. The third kappa shape index (κ3) is 6.62. The number of methoxy groups -OCH3 is 1. The molecule has 5 nitrogen and oxygen atoms in total. The van der Waals surface area contributed by atoms with Gasteiger partial charge in [0.05, 0.1) is 12.7 Å². The van der Waals surface area contributed by atoms with Gasteiger partial charge in [-0.05, 0) is 47.0 Å². The van der Waals surface area contributed by atoms with Gasteiger partial charge < -0.3 is 15.2 Å². The zero-order valence-electron chi connectivity index (χ0n) is 12.0. The molecule has 21 heavy (non-hydrogen) atoms. The van der Waals surface area contributed by atoms with E-state index in [0.29, 0.717) is 24.3 Å². The van der Waals surface area contributed by atoms with Gasteiger partial charge in [-0.15, -0.1) is 0 Å². The lowest BCUT2D eigenvalue weighted by atomic mass is 10.1. The van der Waals surface area contributed by atoms with Crippen molar-refractivity contribution in [1.29, 1.82) is 0 Å². The van der Waals surface area contributed by atoms with Crippen molar-refractivity contribution in [3.8, 4) is 5.75 Å².